The standard InChI is InChI=1S/C17H19NO3/c1-20-16-9-4-3-8-14(16)13-7-5-6-12(10-13)11-15(18)17(19)21-2/h3-10,15H,11,18H2,1-2H3. The van der Waals surface area contributed by atoms with Crippen LogP contribution >= 0.6 is 0 Å². The number of methoxy groups -OCH3 is 2. The average Bonchev–Trinajstić information content (AvgIpc) is 2.54. The van der Waals surface area contributed by atoms with Gasteiger partial charge in [-0.25, -0.2) is 0 Å². The highest BCUT2D eigenvalue weighted by Gasteiger charge is 2.14. The zero-order chi connectivity index (χ0) is 15.2. The molecule has 0 saturated heterocycles. The molecule has 1 atom stereocenters. The van der Waals surface area contributed by atoms with Crippen LogP contribution in [0.25, 0.3) is 11.1 Å². The number of hydrogen-bond donors (Lipinski definition) is 1. The molecule has 110 valence electrons. The molecule has 0 aliphatic rings. The van der Waals surface area contributed by atoms with Gasteiger partial charge in [-0.15, -0.1) is 0 Å². The van der Waals surface area contributed by atoms with Gasteiger partial charge in [-0.05, 0) is 23.6 Å². The third-order valence-electron chi connectivity index (χ3n) is 3.30. The van der Waals surface area contributed by atoms with E-state index in [4.69, 9.17) is 10.5 Å². The molecule has 1 unspecified atom stereocenters. The van der Waals surface area contributed by atoms with Crippen LogP contribution in [0.4, 0.5) is 0 Å². The van der Waals surface area contributed by atoms with E-state index in [0.717, 1.165) is 22.4 Å². The van der Waals surface area contributed by atoms with Gasteiger partial charge in [-0.2, -0.15) is 0 Å². The number of nitrogens with two attached hydrogens (primary N) is 1. The van der Waals surface area contributed by atoms with Gasteiger partial charge in [0.15, 0.2) is 0 Å². The van der Waals surface area contributed by atoms with E-state index in [9.17, 15) is 4.79 Å². The van der Waals surface area contributed by atoms with Gasteiger partial charge in [0.2, 0.25) is 0 Å². The van der Waals surface area contributed by atoms with Crippen LogP contribution < -0.4 is 10.5 Å². The number of para-hydroxylation sites is 1. The lowest BCUT2D eigenvalue weighted by molar-refractivity contribution is -0.142. The second kappa shape index (κ2) is 6.90. The fourth-order valence-electron chi connectivity index (χ4n) is 2.24. The van der Waals surface area contributed by atoms with Gasteiger partial charge in [0.1, 0.15) is 11.8 Å². The Hall–Kier alpha value is -2.33. The largest absolute Gasteiger partial charge is 0.496 e. The molecule has 2 rings (SSSR count). The highest BCUT2D eigenvalue weighted by Crippen LogP contribution is 2.30. The second-order valence-corrected chi connectivity index (χ2v) is 4.73. The summed E-state index contributed by atoms with van der Waals surface area (Å²) in [6.07, 6.45) is 0.440. The molecule has 0 saturated carbocycles. The van der Waals surface area contributed by atoms with Gasteiger partial charge in [0.25, 0.3) is 0 Å². The van der Waals surface area contributed by atoms with E-state index in [-0.39, 0.29) is 0 Å². The summed E-state index contributed by atoms with van der Waals surface area (Å²) in [5.74, 6) is 0.407. The van der Waals surface area contributed by atoms with E-state index >= 15 is 0 Å². The molecule has 0 bridgehead atoms. The van der Waals surface area contributed by atoms with Gasteiger partial charge in [0, 0.05) is 5.56 Å². The van der Waals surface area contributed by atoms with Crippen LogP contribution in [0.5, 0.6) is 5.75 Å². The van der Waals surface area contributed by atoms with E-state index in [1.807, 2.05) is 48.5 Å². The Labute approximate surface area is 124 Å². The number of hydrogen-bond acceptors (Lipinski definition) is 4. The Kier molecular flexibility index (Phi) is 4.95. The first-order chi connectivity index (χ1) is 10.2. The van der Waals surface area contributed by atoms with Crippen molar-refractivity contribution in [2.75, 3.05) is 14.2 Å². The van der Waals surface area contributed by atoms with Crippen molar-refractivity contribution >= 4 is 5.97 Å². The summed E-state index contributed by atoms with van der Waals surface area (Å²) >= 11 is 0. The smallest absolute Gasteiger partial charge is 0.322 e. The van der Waals surface area contributed by atoms with Gasteiger partial charge in [-0.3, -0.25) is 4.79 Å². The quantitative estimate of drug-likeness (QED) is 0.857. The van der Waals surface area contributed by atoms with Gasteiger partial charge in [-0.1, -0.05) is 42.5 Å². The number of carbonyl (C=O) groups excluding carboxylic acids is 1. The van der Waals surface area contributed by atoms with Crippen LogP contribution in [0.1, 0.15) is 5.56 Å². The minimum absolute atomic E-state index is 0.405. The van der Waals surface area contributed by atoms with Crippen LogP contribution in [-0.2, 0) is 16.0 Å². The van der Waals surface area contributed by atoms with Crippen molar-refractivity contribution in [3.63, 3.8) is 0 Å². The first-order valence-electron chi connectivity index (χ1n) is 6.71. The molecule has 0 aromatic heterocycles. The van der Waals surface area contributed by atoms with Crippen LogP contribution in [0.15, 0.2) is 48.5 Å². The third kappa shape index (κ3) is 3.61. The molecule has 21 heavy (non-hydrogen) atoms. The monoisotopic (exact) mass is 285 g/mol. The second-order valence-electron chi connectivity index (χ2n) is 4.73. The zero-order valence-electron chi connectivity index (χ0n) is 12.2. The van der Waals surface area contributed by atoms with Crippen molar-refractivity contribution in [2.24, 2.45) is 5.73 Å². The number of esters is 1. The molecule has 0 aliphatic heterocycles. The van der Waals surface area contributed by atoms with Crippen molar-refractivity contribution in [1.29, 1.82) is 0 Å². The lowest BCUT2D eigenvalue weighted by Crippen LogP contribution is -2.33. The predicted molar refractivity (Wildman–Crippen MR) is 82.1 cm³/mol. The lowest BCUT2D eigenvalue weighted by Gasteiger charge is -2.12. The molecule has 4 nitrogen and oxygen atoms in total. The van der Waals surface area contributed by atoms with Crippen LogP contribution in [0.2, 0.25) is 0 Å². The summed E-state index contributed by atoms with van der Waals surface area (Å²) in [4.78, 5) is 11.4. The Morgan fingerprint density at radius 1 is 1.14 bits per heavy atom. The normalized spacial score (nSPS) is 11.8. The van der Waals surface area contributed by atoms with E-state index in [2.05, 4.69) is 4.74 Å². The van der Waals surface area contributed by atoms with E-state index in [1.54, 1.807) is 7.11 Å². The molecule has 0 fully saturated rings. The predicted octanol–water partition coefficient (Wildman–Crippen LogP) is 2.41. The molecule has 0 aliphatic carbocycles. The molecule has 2 aromatic carbocycles. The fraction of sp³-hybridized carbons (Fsp3) is 0.235. The minimum atomic E-state index is -0.650. The zero-order valence-corrected chi connectivity index (χ0v) is 12.2. The fourth-order valence-corrected chi connectivity index (χ4v) is 2.24. The van der Waals surface area contributed by atoms with Crippen molar-refractivity contribution in [3.8, 4) is 16.9 Å². The number of rotatable bonds is 5. The maximum absolute atomic E-state index is 11.4. The van der Waals surface area contributed by atoms with Crippen molar-refractivity contribution in [3.05, 3.63) is 54.1 Å². The lowest BCUT2D eigenvalue weighted by atomic mass is 9.99. The molecule has 2 N–H and O–H groups in total. The van der Waals surface area contributed by atoms with Crippen LogP contribution in [0, 0.1) is 0 Å². The topological polar surface area (TPSA) is 61.5 Å². The molecule has 0 heterocycles. The average molecular weight is 285 g/mol. The number of carbonyl (C=O) groups is 1. The summed E-state index contributed by atoms with van der Waals surface area (Å²) in [7, 11) is 2.99. The highest BCUT2D eigenvalue weighted by atomic mass is 16.5. The first-order valence-corrected chi connectivity index (χ1v) is 6.71. The van der Waals surface area contributed by atoms with Gasteiger partial charge >= 0.3 is 5.97 Å². The highest BCUT2D eigenvalue weighted by molar-refractivity contribution is 5.76. The summed E-state index contributed by atoms with van der Waals surface area (Å²) in [6, 6.07) is 15.1. The number of benzene rings is 2. The van der Waals surface area contributed by atoms with E-state index < -0.39 is 12.0 Å². The SMILES string of the molecule is COC(=O)C(N)Cc1cccc(-c2ccccc2OC)c1. The maximum atomic E-state index is 11.4. The van der Waals surface area contributed by atoms with Crippen molar-refractivity contribution in [2.45, 2.75) is 12.5 Å². The summed E-state index contributed by atoms with van der Waals surface area (Å²) in [5, 5.41) is 0. The first kappa shape index (κ1) is 15.1. The van der Waals surface area contributed by atoms with E-state index in [1.165, 1.54) is 7.11 Å². The van der Waals surface area contributed by atoms with Crippen molar-refractivity contribution in [1.82, 2.24) is 0 Å². The molecule has 0 amide bonds. The third-order valence-corrected chi connectivity index (χ3v) is 3.30. The van der Waals surface area contributed by atoms with E-state index in [0.29, 0.717) is 6.42 Å². The van der Waals surface area contributed by atoms with Gasteiger partial charge < -0.3 is 15.2 Å². The minimum Gasteiger partial charge on any atom is -0.496 e. The molecular formula is C17H19NO3. The molecule has 0 spiro atoms. The Bertz CT molecular complexity index is 625. The van der Waals surface area contributed by atoms with Crippen molar-refractivity contribution < 1.29 is 14.3 Å². The molecular weight excluding hydrogens is 266 g/mol. The Balaban J connectivity index is 2.27. The van der Waals surface area contributed by atoms with Crippen LogP contribution in [0.3, 0.4) is 0 Å². The maximum Gasteiger partial charge on any atom is 0.322 e. The number of ether oxygens (including phenoxy) is 2. The summed E-state index contributed by atoms with van der Waals surface area (Å²) in [5.41, 5.74) is 8.83. The van der Waals surface area contributed by atoms with Crippen LogP contribution in [-0.4, -0.2) is 26.2 Å². The molecule has 2 aromatic rings. The Morgan fingerprint density at radius 2 is 1.90 bits per heavy atom. The molecule has 0 radical (unpaired) electrons. The summed E-state index contributed by atoms with van der Waals surface area (Å²) in [6.45, 7) is 0. The van der Waals surface area contributed by atoms with Gasteiger partial charge in [0.05, 0.1) is 14.2 Å². The Morgan fingerprint density at radius 3 is 2.62 bits per heavy atom. The molecule has 4 heteroatoms. The summed E-state index contributed by atoms with van der Waals surface area (Å²) < 4.78 is 10.0.